The number of carbonyl (C=O) groups excluding carboxylic acids is 2. The number of hydrogen-bond donors (Lipinski definition) is 1. The normalized spacial score (nSPS) is 10.9. The molecule has 0 saturated heterocycles. The molecule has 0 aromatic heterocycles. The quantitative estimate of drug-likeness (QED) is 0.513. The summed E-state index contributed by atoms with van der Waals surface area (Å²) in [6, 6.07) is 0. The van der Waals surface area contributed by atoms with E-state index in [1.165, 1.54) is 0 Å². The van der Waals surface area contributed by atoms with Gasteiger partial charge in [0.15, 0.2) is 0 Å². The molecule has 0 aliphatic carbocycles. The highest BCUT2D eigenvalue weighted by Crippen LogP contribution is 2.17. The van der Waals surface area contributed by atoms with Gasteiger partial charge in [-0.05, 0) is 12.8 Å². The van der Waals surface area contributed by atoms with E-state index in [9.17, 15) is 14.7 Å². The first-order chi connectivity index (χ1) is 6.52. The molecule has 1 N–H and O–H groups in total. The summed E-state index contributed by atoms with van der Waals surface area (Å²) in [5.74, 6) is -1.95. The lowest BCUT2D eigenvalue weighted by Gasteiger charge is -2.21. The Morgan fingerprint density at radius 2 is 1.64 bits per heavy atom. The molecule has 5 nitrogen and oxygen atoms in total. The standard InChI is InChI=1S/C9H16O5/c1-4-5-6-9(12,7(10)13-2)8(11)14-3/h12H,4-6H2,1-3H3. The Bertz CT molecular complexity index is 195. The van der Waals surface area contributed by atoms with Gasteiger partial charge in [0.05, 0.1) is 14.2 Å². The van der Waals surface area contributed by atoms with Gasteiger partial charge in [-0.15, -0.1) is 0 Å². The summed E-state index contributed by atoms with van der Waals surface area (Å²) in [6.45, 7) is 1.88. The fraction of sp³-hybridized carbons (Fsp3) is 0.778. The van der Waals surface area contributed by atoms with Crippen LogP contribution in [0.25, 0.3) is 0 Å². The second-order valence-corrected chi connectivity index (χ2v) is 2.95. The summed E-state index contributed by atoms with van der Waals surface area (Å²) in [7, 11) is 2.23. The van der Waals surface area contributed by atoms with Gasteiger partial charge in [-0.25, -0.2) is 9.59 Å². The number of carbonyl (C=O) groups is 2. The highest BCUT2D eigenvalue weighted by atomic mass is 16.6. The predicted molar refractivity (Wildman–Crippen MR) is 48.5 cm³/mol. The Morgan fingerprint density at radius 3 is 1.93 bits per heavy atom. The molecule has 0 aliphatic rings. The van der Waals surface area contributed by atoms with Crippen LogP contribution in [-0.2, 0) is 19.1 Å². The molecular formula is C9H16O5. The molecule has 0 aromatic rings. The second-order valence-electron chi connectivity index (χ2n) is 2.95. The van der Waals surface area contributed by atoms with Crippen molar-refractivity contribution in [3.63, 3.8) is 0 Å². The van der Waals surface area contributed by atoms with Crippen LogP contribution in [0.2, 0.25) is 0 Å². The number of hydrogen-bond acceptors (Lipinski definition) is 5. The molecule has 0 unspecified atom stereocenters. The molecule has 0 saturated carbocycles. The van der Waals surface area contributed by atoms with Crippen LogP contribution in [0.4, 0.5) is 0 Å². The van der Waals surface area contributed by atoms with Crippen molar-refractivity contribution >= 4 is 11.9 Å². The number of methoxy groups -OCH3 is 2. The molecule has 0 atom stereocenters. The van der Waals surface area contributed by atoms with Crippen molar-refractivity contribution < 1.29 is 24.2 Å². The van der Waals surface area contributed by atoms with Crippen LogP contribution in [-0.4, -0.2) is 36.9 Å². The van der Waals surface area contributed by atoms with E-state index in [-0.39, 0.29) is 6.42 Å². The molecule has 0 radical (unpaired) electrons. The van der Waals surface area contributed by atoms with Crippen molar-refractivity contribution in [3.8, 4) is 0 Å². The van der Waals surface area contributed by atoms with Gasteiger partial charge in [0.1, 0.15) is 0 Å². The first-order valence-corrected chi connectivity index (χ1v) is 4.42. The zero-order chi connectivity index (χ0) is 11.2. The topological polar surface area (TPSA) is 72.8 Å². The molecular weight excluding hydrogens is 188 g/mol. The molecule has 0 rings (SSSR count). The fourth-order valence-electron chi connectivity index (χ4n) is 1.06. The molecule has 82 valence electrons. The van der Waals surface area contributed by atoms with Gasteiger partial charge < -0.3 is 14.6 Å². The Hall–Kier alpha value is -1.10. The van der Waals surface area contributed by atoms with Crippen molar-refractivity contribution in [3.05, 3.63) is 0 Å². The van der Waals surface area contributed by atoms with Gasteiger partial charge >= 0.3 is 11.9 Å². The van der Waals surface area contributed by atoms with Gasteiger partial charge in [-0.1, -0.05) is 13.3 Å². The lowest BCUT2D eigenvalue weighted by atomic mass is 9.97. The smallest absolute Gasteiger partial charge is 0.349 e. The Morgan fingerprint density at radius 1 is 1.21 bits per heavy atom. The summed E-state index contributed by atoms with van der Waals surface area (Å²) in [4.78, 5) is 22.3. The zero-order valence-corrected chi connectivity index (χ0v) is 8.70. The summed E-state index contributed by atoms with van der Waals surface area (Å²) in [6.07, 6.45) is 1.32. The minimum absolute atomic E-state index is 0.0167. The van der Waals surface area contributed by atoms with E-state index < -0.39 is 17.5 Å². The third-order valence-corrected chi connectivity index (χ3v) is 1.94. The van der Waals surface area contributed by atoms with Crippen molar-refractivity contribution in [2.75, 3.05) is 14.2 Å². The monoisotopic (exact) mass is 204 g/mol. The first-order valence-electron chi connectivity index (χ1n) is 4.42. The number of esters is 2. The molecule has 0 bridgehead atoms. The molecule has 0 heterocycles. The van der Waals surface area contributed by atoms with Gasteiger partial charge in [0, 0.05) is 0 Å². The number of unbranched alkanes of at least 4 members (excludes halogenated alkanes) is 1. The molecule has 14 heavy (non-hydrogen) atoms. The van der Waals surface area contributed by atoms with E-state index in [0.717, 1.165) is 20.6 Å². The summed E-state index contributed by atoms with van der Waals surface area (Å²) in [5.41, 5.74) is -2.15. The number of aliphatic hydroxyl groups is 1. The second kappa shape index (κ2) is 5.59. The lowest BCUT2D eigenvalue weighted by Crippen LogP contribution is -2.48. The minimum Gasteiger partial charge on any atom is -0.466 e. The van der Waals surface area contributed by atoms with Gasteiger partial charge in [0.25, 0.3) is 5.60 Å². The maximum absolute atomic E-state index is 11.2. The lowest BCUT2D eigenvalue weighted by molar-refractivity contribution is -0.181. The van der Waals surface area contributed by atoms with Crippen LogP contribution in [0, 0.1) is 0 Å². The maximum Gasteiger partial charge on any atom is 0.349 e. The van der Waals surface area contributed by atoms with E-state index in [2.05, 4.69) is 9.47 Å². The van der Waals surface area contributed by atoms with Crippen molar-refractivity contribution in [1.82, 2.24) is 0 Å². The molecule has 0 fully saturated rings. The van der Waals surface area contributed by atoms with Crippen molar-refractivity contribution in [2.24, 2.45) is 0 Å². The van der Waals surface area contributed by atoms with Crippen LogP contribution in [0.15, 0.2) is 0 Å². The Balaban J connectivity index is 4.65. The average Bonchev–Trinajstić information content (AvgIpc) is 2.23. The van der Waals surface area contributed by atoms with Crippen LogP contribution in [0.1, 0.15) is 26.2 Å². The molecule has 0 aromatic carbocycles. The van der Waals surface area contributed by atoms with E-state index in [4.69, 9.17) is 0 Å². The highest BCUT2D eigenvalue weighted by molar-refractivity contribution is 6.03. The average molecular weight is 204 g/mol. The van der Waals surface area contributed by atoms with E-state index in [1.807, 2.05) is 6.92 Å². The number of rotatable bonds is 5. The van der Waals surface area contributed by atoms with E-state index >= 15 is 0 Å². The van der Waals surface area contributed by atoms with Crippen molar-refractivity contribution in [1.29, 1.82) is 0 Å². The van der Waals surface area contributed by atoms with Gasteiger partial charge in [-0.3, -0.25) is 0 Å². The third kappa shape index (κ3) is 2.70. The third-order valence-electron chi connectivity index (χ3n) is 1.94. The largest absolute Gasteiger partial charge is 0.466 e. The Kier molecular flexibility index (Phi) is 5.15. The van der Waals surface area contributed by atoms with Crippen LogP contribution < -0.4 is 0 Å². The molecule has 0 aliphatic heterocycles. The maximum atomic E-state index is 11.2. The van der Waals surface area contributed by atoms with Crippen LogP contribution in [0.5, 0.6) is 0 Å². The molecule has 0 spiro atoms. The SMILES string of the molecule is CCCCC(O)(C(=O)OC)C(=O)OC. The fourth-order valence-corrected chi connectivity index (χ4v) is 1.06. The van der Waals surface area contributed by atoms with Crippen molar-refractivity contribution in [2.45, 2.75) is 31.8 Å². The molecule has 5 heteroatoms. The Labute approximate surface area is 83.0 Å². The van der Waals surface area contributed by atoms with Gasteiger partial charge in [0.2, 0.25) is 0 Å². The highest BCUT2D eigenvalue weighted by Gasteiger charge is 2.45. The summed E-state index contributed by atoms with van der Waals surface area (Å²) < 4.78 is 8.69. The predicted octanol–water partition coefficient (Wildman–Crippen LogP) is 0.254. The van der Waals surface area contributed by atoms with Gasteiger partial charge in [-0.2, -0.15) is 0 Å². The zero-order valence-electron chi connectivity index (χ0n) is 8.70. The van der Waals surface area contributed by atoms with E-state index in [0.29, 0.717) is 6.42 Å². The molecule has 0 amide bonds. The number of ether oxygens (including phenoxy) is 2. The van der Waals surface area contributed by atoms with Crippen LogP contribution >= 0.6 is 0 Å². The van der Waals surface area contributed by atoms with E-state index in [1.54, 1.807) is 0 Å². The summed E-state index contributed by atoms with van der Waals surface area (Å²) >= 11 is 0. The first kappa shape index (κ1) is 12.9. The van der Waals surface area contributed by atoms with Crippen LogP contribution in [0.3, 0.4) is 0 Å². The minimum atomic E-state index is -2.15. The summed E-state index contributed by atoms with van der Waals surface area (Å²) in [5, 5.41) is 9.73.